The predicted octanol–water partition coefficient (Wildman–Crippen LogP) is 0.0552. The van der Waals surface area contributed by atoms with Crippen LogP contribution in [0, 0.1) is 0 Å². The molecule has 170 valence electrons. The van der Waals surface area contributed by atoms with Crippen LogP contribution in [-0.2, 0) is 4.74 Å². The van der Waals surface area contributed by atoms with Crippen molar-refractivity contribution in [3.05, 3.63) is 24.5 Å². The Morgan fingerprint density at radius 2 is 1.94 bits per heavy atom. The van der Waals surface area contributed by atoms with Crippen LogP contribution in [0.15, 0.2) is 18.9 Å². The third-order valence-corrected chi connectivity index (χ3v) is 5.92. The maximum absolute atomic E-state index is 10.6. The molecule has 1 aliphatic rings. The van der Waals surface area contributed by atoms with Gasteiger partial charge >= 0.3 is 0 Å². The van der Waals surface area contributed by atoms with E-state index in [1.165, 1.54) is 23.3 Å². The Labute approximate surface area is 178 Å². The summed E-state index contributed by atoms with van der Waals surface area (Å²) in [5.41, 5.74) is 1.68. The fourth-order valence-corrected chi connectivity index (χ4v) is 4.06. The molecule has 11 nitrogen and oxygen atoms in total. The zero-order chi connectivity index (χ0) is 22.1. The highest BCUT2D eigenvalue weighted by Crippen LogP contribution is 2.32. The molecule has 0 amide bonds. The summed E-state index contributed by atoms with van der Waals surface area (Å²) in [5.74, 6) is 0. The predicted molar refractivity (Wildman–Crippen MR) is 109 cm³/mol. The lowest BCUT2D eigenvalue weighted by molar-refractivity contribution is -0.0655. The van der Waals surface area contributed by atoms with Gasteiger partial charge in [-0.25, -0.2) is 15.0 Å². The number of nitrogens with zero attached hydrogens (tertiary/aromatic N) is 5. The van der Waals surface area contributed by atoms with Crippen molar-refractivity contribution < 1.29 is 30.3 Å². The summed E-state index contributed by atoms with van der Waals surface area (Å²) in [6.45, 7) is 1.77. The number of imidazole rings is 2. The van der Waals surface area contributed by atoms with Gasteiger partial charge in [-0.15, -0.1) is 0 Å². The van der Waals surface area contributed by atoms with Gasteiger partial charge in [0, 0.05) is 6.42 Å². The fourth-order valence-electron chi connectivity index (χ4n) is 4.06. The lowest BCUT2D eigenvalue weighted by Crippen LogP contribution is -2.32. The van der Waals surface area contributed by atoms with Gasteiger partial charge < -0.3 is 30.3 Å². The van der Waals surface area contributed by atoms with Crippen molar-refractivity contribution in [3.63, 3.8) is 0 Å². The molecular formula is C20H29N5O6. The van der Waals surface area contributed by atoms with Crippen LogP contribution in [0.2, 0.25) is 0 Å². The highest BCUT2D eigenvalue weighted by Gasteiger charge is 2.35. The Morgan fingerprint density at radius 1 is 1.13 bits per heavy atom. The molecular weight excluding hydrogens is 406 g/mol. The molecule has 11 heteroatoms. The zero-order valence-corrected chi connectivity index (χ0v) is 17.3. The third kappa shape index (κ3) is 4.04. The number of aliphatic hydroxyl groups is 5. The molecule has 1 fully saturated rings. The number of unbranched alkanes of at least 4 members (excludes halogenated alkanes) is 2. The molecule has 3 aromatic heterocycles. The molecule has 1 saturated heterocycles. The van der Waals surface area contributed by atoms with Gasteiger partial charge in [-0.05, 0) is 6.42 Å². The Hall–Kier alpha value is -2.15. The minimum atomic E-state index is -1.35. The Balaban J connectivity index is 1.59. The Morgan fingerprint density at radius 3 is 2.65 bits per heavy atom. The summed E-state index contributed by atoms with van der Waals surface area (Å²) in [6.07, 6.45) is 2.13. The first-order valence-electron chi connectivity index (χ1n) is 10.6. The molecule has 0 radical (unpaired) electrons. The average molecular weight is 435 g/mol. The summed E-state index contributed by atoms with van der Waals surface area (Å²) in [7, 11) is 0. The van der Waals surface area contributed by atoms with E-state index in [2.05, 4.69) is 21.9 Å². The van der Waals surface area contributed by atoms with E-state index in [0.717, 1.165) is 19.3 Å². The smallest absolute Gasteiger partial charge is 0.168 e. The average Bonchev–Trinajstić information content (AvgIpc) is 3.47. The molecule has 1 aliphatic heterocycles. The van der Waals surface area contributed by atoms with E-state index in [1.807, 2.05) is 0 Å². The van der Waals surface area contributed by atoms with Crippen LogP contribution < -0.4 is 0 Å². The molecule has 4 heterocycles. The minimum Gasteiger partial charge on any atom is -0.394 e. The summed E-state index contributed by atoms with van der Waals surface area (Å²) in [6, 6.07) is 0. The largest absolute Gasteiger partial charge is 0.394 e. The van der Waals surface area contributed by atoms with Gasteiger partial charge in [0.1, 0.15) is 30.9 Å². The normalized spacial score (nSPS) is 24.8. The van der Waals surface area contributed by atoms with Gasteiger partial charge in [-0.1, -0.05) is 26.2 Å². The van der Waals surface area contributed by atoms with E-state index in [1.54, 1.807) is 4.57 Å². The molecule has 5 N–H and O–H groups in total. The highest BCUT2D eigenvalue weighted by molar-refractivity contribution is 5.85. The van der Waals surface area contributed by atoms with Crippen molar-refractivity contribution in [1.29, 1.82) is 0 Å². The molecule has 4 rings (SSSR count). The number of ether oxygens (including phenoxy) is 1. The SMILES string of the molecule is CCCCCC(O)C(O)C(O)c1cnc2c3ncn([C@H]4C[C@H](O)[C@@H](CO)O4)c3ncn12. The fraction of sp³-hybridized carbons (Fsp3) is 0.650. The van der Waals surface area contributed by atoms with Crippen molar-refractivity contribution in [2.24, 2.45) is 0 Å². The second-order valence-electron chi connectivity index (χ2n) is 8.06. The van der Waals surface area contributed by atoms with Crippen LogP contribution >= 0.6 is 0 Å². The van der Waals surface area contributed by atoms with E-state index in [4.69, 9.17) is 4.74 Å². The molecule has 0 spiro atoms. The first kappa shape index (κ1) is 22.1. The van der Waals surface area contributed by atoms with E-state index < -0.39 is 36.7 Å². The number of hydrogen-bond acceptors (Lipinski definition) is 9. The van der Waals surface area contributed by atoms with Crippen LogP contribution in [0.5, 0.6) is 0 Å². The molecule has 0 bridgehead atoms. The van der Waals surface area contributed by atoms with E-state index >= 15 is 0 Å². The maximum Gasteiger partial charge on any atom is 0.168 e. The van der Waals surface area contributed by atoms with Crippen LogP contribution in [0.25, 0.3) is 16.8 Å². The minimum absolute atomic E-state index is 0.282. The highest BCUT2D eigenvalue weighted by atomic mass is 16.5. The van der Waals surface area contributed by atoms with Crippen molar-refractivity contribution in [2.75, 3.05) is 6.61 Å². The second-order valence-corrected chi connectivity index (χ2v) is 8.06. The second kappa shape index (κ2) is 9.15. The Bertz CT molecular complexity index is 1020. The van der Waals surface area contributed by atoms with Crippen molar-refractivity contribution in [2.45, 2.75) is 75.8 Å². The lowest BCUT2D eigenvalue weighted by Gasteiger charge is -2.22. The number of fused-ring (bicyclic) bond motifs is 3. The first-order valence-corrected chi connectivity index (χ1v) is 10.6. The number of aliphatic hydroxyl groups excluding tert-OH is 5. The molecule has 0 aliphatic carbocycles. The number of hydrogen-bond donors (Lipinski definition) is 5. The first-order chi connectivity index (χ1) is 15.0. The van der Waals surface area contributed by atoms with Crippen LogP contribution in [0.4, 0.5) is 0 Å². The molecule has 6 atom stereocenters. The van der Waals surface area contributed by atoms with E-state index in [0.29, 0.717) is 35.3 Å². The molecule has 3 unspecified atom stereocenters. The topological polar surface area (TPSA) is 158 Å². The van der Waals surface area contributed by atoms with E-state index in [9.17, 15) is 25.5 Å². The summed E-state index contributed by atoms with van der Waals surface area (Å²) in [4.78, 5) is 13.1. The van der Waals surface area contributed by atoms with Gasteiger partial charge in [-0.3, -0.25) is 8.97 Å². The Kier molecular flexibility index (Phi) is 6.51. The molecule has 0 saturated carbocycles. The quantitative estimate of drug-likeness (QED) is 0.293. The third-order valence-electron chi connectivity index (χ3n) is 5.92. The van der Waals surface area contributed by atoms with Gasteiger partial charge in [0.25, 0.3) is 0 Å². The van der Waals surface area contributed by atoms with Crippen LogP contribution in [0.1, 0.15) is 57.1 Å². The van der Waals surface area contributed by atoms with Crippen molar-refractivity contribution in [1.82, 2.24) is 23.9 Å². The zero-order valence-electron chi connectivity index (χ0n) is 17.3. The maximum atomic E-state index is 10.6. The summed E-state index contributed by atoms with van der Waals surface area (Å²) < 4.78 is 8.89. The van der Waals surface area contributed by atoms with E-state index in [-0.39, 0.29) is 6.61 Å². The monoisotopic (exact) mass is 435 g/mol. The van der Waals surface area contributed by atoms with Gasteiger partial charge in [-0.2, -0.15) is 0 Å². The summed E-state index contributed by atoms with van der Waals surface area (Å²) >= 11 is 0. The van der Waals surface area contributed by atoms with Crippen molar-refractivity contribution >= 4 is 16.8 Å². The number of rotatable bonds is 9. The summed E-state index contributed by atoms with van der Waals surface area (Å²) in [5, 5.41) is 50.6. The van der Waals surface area contributed by atoms with Crippen LogP contribution in [0.3, 0.4) is 0 Å². The van der Waals surface area contributed by atoms with Gasteiger partial charge in [0.2, 0.25) is 0 Å². The lowest BCUT2D eigenvalue weighted by atomic mass is 10.0. The van der Waals surface area contributed by atoms with Gasteiger partial charge in [0.15, 0.2) is 16.8 Å². The van der Waals surface area contributed by atoms with Gasteiger partial charge in [0.05, 0.1) is 37.0 Å². The standard InChI is InChI=1S/C20H29N5O6/c1-2-3-4-5-12(27)18(30)17(29)11-7-21-19-16-20(23-10-24(11)19)25(9-22-16)15-6-13(28)14(8-26)31-15/h7,9-10,12-15,17-18,26-30H,2-6,8H2,1H3/t12?,13-,14+,15+,17?,18?/m0/s1. The molecule has 3 aromatic rings. The van der Waals surface area contributed by atoms with Crippen molar-refractivity contribution in [3.8, 4) is 0 Å². The molecule has 31 heavy (non-hydrogen) atoms. The number of aromatic nitrogens is 5. The van der Waals surface area contributed by atoms with Crippen LogP contribution in [-0.4, -0.2) is 80.5 Å². The molecule has 0 aromatic carbocycles.